The summed E-state index contributed by atoms with van der Waals surface area (Å²) < 4.78 is 5.90. The molecule has 23 heavy (non-hydrogen) atoms. The van der Waals surface area contributed by atoms with Crippen LogP contribution < -0.4 is 10.5 Å². The third kappa shape index (κ3) is 4.20. The highest BCUT2D eigenvalue weighted by Crippen LogP contribution is 2.27. The van der Waals surface area contributed by atoms with Gasteiger partial charge in [-0.3, -0.25) is 0 Å². The maximum atomic E-state index is 5.97. The van der Waals surface area contributed by atoms with Crippen LogP contribution in [0.2, 0.25) is 0 Å². The Labute approximate surface area is 138 Å². The van der Waals surface area contributed by atoms with Crippen molar-refractivity contribution < 1.29 is 4.74 Å². The molecule has 1 aromatic heterocycles. The molecule has 2 N–H and O–H groups in total. The summed E-state index contributed by atoms with van der Waals surface area (Å²) in [6.07, 6.45) is 6.66. The van der Waals surface area contributed by atoms with Crippen LogP contribution in [0.5, 0.6) is 11.6 Å². The van der Waals surface area contributed by atoms with E-state index >= 15 is 0 Å². The SMILES string of the molecule is Cc1ccc(Oc2cccc(C=C3CCC(N)CC3)c2)nc1C. The van der Waals surface area contributed by atoms with Crippen LogP contribution in [0.25, 0.3) is 6.08 Å². The van der Waals surface area contributed by atoms with Crippen LogP contribution >= 0.6 is 0 Å². The number of aryl methyl sites for hydroxylation is 2. The first-order valence-electron chi connectivity index (χ1n) is 8.27. The second-order valence-electron chi connectivity index (χ2n) is 6.37. The molecule has 1 saturated carbocycles. The molecule has 0 bridgehead atoms. The number of allylic oxidation sites excluding steroid dienone is 1. The van der Waals surface area contributed by atoms with Crippen molar-refractivity contribution in [2.45, 2.75) is 45.6 Å². The summed E-state index contributed by atoms with van der Waals surface area (Å²) in [5, 5.41) is 0. The van der Waals surface area contributed by atoms with Crippen molar-refractivity contribution in [3.63, 3.8) is 0 Å². The van der Waals surface area contributed by atoms with Crippen LogP contribution in [0.1, 0.15) is 42.5 Å². The number of aromatic nitrogens is 1. The van der Waals surface area contributed by atoms with E-state index in [1.54, 1.807) is 0 Å². The lowest BCUT2D eigenvalue weighted by Gasteiger charge is -2.20. The first-order chi connectivity index (χ1) is 11.1. The second-order valence-corrected chi connectivity index (χ2v) is 6.37. The van der Waals surface area contributed by atoms with E-state index < -0.39 is 0 Å². The predicted molar refractivity (Wildman–Crippen MR) is 94.6 cm³/mol. The fourth-order valence-electron chi connectivity index (χ4n) is 2.84. The van der Waals surface area contributed by atoms with Gasteiger partial charge in [0, 0.05) is 17.8 Å². The summed E-state index contributed by atoms with van der Waals surface area (Å²) in [7, 11) is 0. The minimum atomic E-state index is 0.373. The van der Waals surface area contributed by atoms with Gasteiger partial charge in [0.05, 0.1) is 0 Å². The molecule has 0 amide bonds. The molecule has 0 aliphatic heterocycles. The molecule has 0 unspecified atom stereocenters. The molecular formula is C20H24N2O. The number of nitrogens with zero attached hydrogens (tertiary/aromatic N) is 1. The summed E-state index contributed by atoms with van der Waals surface area (Å²) in [6.45, 7) is 4.05. The monoisotopic (exact) mass is 308 g/mol. The highest BCUT2D eigenvalue weighted by atomic mass is 16.5. The Hall–Kier alpha value is -2.13. The summed E-state index contributed by atoms with van der Waals surface area (Å²) in [5.74, 6) is 1.46. The third-order valence-corrected chi connectivity index (χ3v) is 4.45. The van der Waals surface area contributed by atoms with Crippen molar-refractivity contribution in [3.05, 3.63) is 58.8 Å². The van der Waals surface area contributed by atoms with Crippen molar-refractivity contribution in [1.82, 2.24) is 4.98 Å². The molecule has 3 heteroatoms. The Kier molecular flexibility index (Phi) is 4.77. The van der Waals surface area contributed by atoms with Crippen molar-refractivity contribution >= 4 is 6.08 Å². The third-order valence-electron chi connectivity index (χ3n) is 4.45. The lowest BCUT2D eigenvalue weighted by atomic mass is 9.90. The highest BCUT2D eigenvalue weighted by Gasteiger charge is 2.12. The number of pyridine rings is 1. The highest BCUT2D eigenvalue weighted by molar-refractivity contribution is 5.55. The first-order valence-corrected chi connectivity index (χ1v) is 8.27. The van der Waals surface area contributed by atoms with E-state index in [0.29, 0.717) is 11.9 Å². The number of nitrogens with two attached hydrogens (primary N) is 1. The molecule has 120 valence electrons. The van der Waals surface area contributed by atoms with E-state index in [0.717, 1.165) is 37.1 Å². The standard InChI is InChI=1S/C20H24N2O/c1-14-6-11-20(22-15(14)2)23-19-5-3-4-17(13-19)12-16-7-9-18(21)10-8-16/h3-6,11-13,18H,7-10,21H2,1-2H3. The number of ether oxygens (including phenoxy) is 1. The molecule has 1 aliphatic carbocycles. The summed E-state index contributed by atoms with van der Waals surface area (Å²) in [5.41, 5.74) is 10.8. The molecule has 1 fully saturated rings. The van der Waals surface area contributed by atoms with Gasteiger partial charge in [0.15, 0.2) is 0 Å². The minimum Gasteiger partial charge on any atom is -0.439 e. The average Bonchev–Trinajstić information content (AvgIpc) is 2.54. The first kappa shape index (κ1) is 15.8. The van der Waals surface area contributed by atoms with Crippen LogP contribution in [0, 0.1) is 13.8 Å². The average molecular weight is 308 g/mol. The van der Waals surface area contributed by atoms with E-state index in [-0.39, 0.29) is 0 Å². The van der Waals surface area contributed by atoms with E-state index in [9.17, 15) is 0 Å². The van der Waals surface area contributed by atoms with E-state index in [4.69, 9.17) is 10.5 Å². The fourth-order valence-corrected chi connectivity index (χ4v) is 2.84. The molecule has 0 spiro atoms. The molecule has 0 radical (unpaired) electrons. The van der Waals surface area contributed by atoms with Crippen LogP contribution in [0.15, 0.2) is 42.0 Å². The molecule has 3 rings (SSSR count). The van der Waals surface area contributed by atoms with Gasteiger partial charge in [-0.25, -0.2) is 4.98 Å². The fraction of sp³-hybridized carbons (Fsp3) is 0.350. The summed E-state index contributed by atoms with van der Waals surface area (Å²) in [6, 6.07) is 12.5. The zero-order valence-electron chi connectivity index (χ0n) is 13.9. The van der Waals surface area contributed by atoms with E-state index in [2.05, 4.69) is 30.1 Å². The lowest BCUT2D eigenvalue weighted by molar-refractivity contribution is 0.461. The Morgan fingerprint density at radius 3 is 2.65 bits per heavy atom. The Morgan fingerprint density at radius 1 is 1.13 bits per heavy atom. The number of hydrogen-bond donors (Lipinski definition) is 1. The van der Waals surface area contributed by atoms with Crippen molar-refractivity contribution in [3.8, 4) is 11.6 Å². The van der Waals surface area contributed by atoms with Gasteiger partial charge >= 0.3 is 0 Å². The van der Waals surface area contributed by atoms with Crippen molar-refractivity contribution in [1.29, 1.82) is 0 Å². The van der Waals surface area contributed by atoms with E-state index in [1.165, 1.54) is 16.7 Å². The maximum absolute atomic E-state index is 5.97. The lowest BCUT2D eigenvalue weighted by Crippen LogP contribution is -2.23. The van der Waals surface area contributed by atoms with E-state index in [1.807, 2.05) is 31.2 Å². The van der Waals surface area contributed by atoms with Crippen LogP contribution in [-0.2, 0) is 0 Å². The second kappa shape index (κ2) is 6.97. The summed E-state index contributed by atoms with van der Waals surface area (Å²) in [4.78, 5) is 4.47. The molecule has 1 heterocycles. The summed E-state index contributed by atoms with van der Waals surface area (Å²) >= 11 is 0. The molecule has 0 saturated heterocycles. The Balaban J connectivity index is 1.74. The van der Waals surface area contributed by atoms with Gasteiger partial charge in [0.1, 0.15) is 5.75 Å². The number of benzene rings is 1. The zero-order valence-corrected chi connectivity index (χ0v) is 13.9. The van der Waals surface area contributed by atoms with Gasteiger partial charge in [-0.1, -0.05) is 29.8 Å². The molecule has 1 aliphatic rings. The van der Waals surface area contributed by atoms with Crippen molar-refractivity contribution in [2.24, 2.45) is 5.73 Å². The molecular weight excluding hydrogens is 284 g/mol. The normalized spacial score (nSPS) is 17.9. The predicted octanol–water partition coefficient (Wildman–Crippen LogP) is 4.78. The smallest absolute Gasteiger partial charge is 0.219 e. The van der Waals surface area contributed by atoms with Crippen LogP contribution in [-0.4, -0.2) is 11.0 Å². The maximum Gasteiger partial charge on any atom is 0.219 e. The molecule has 0 atom stereocenters. The van der Waals surface area contributed by atoms with Gasteiger partial charge in [-0.15, -0.1) is 0 Å². The van der Waals surface area contributed by atoms with Gasteiger partial charge in [0.2, 0.25) is 5.88 Å². The van der Waals surface area contributed by atoms with Crippen LogP contribution in [0.4, 0.5) is 0 Å². The van der Waals surface area contributed by atoms with Gasteiger partial charge in [-0.05, 0) is 62.8 Å². The quantitative estimate of drug-likeness (QED) is 0.888. The molecule has 2 aromatic rings. The minimum absolute atomic E-state index is 0.373. The van der Waals surface area contributed by atoms with Crippen LogP contribution in [0.3, 0.4) is 0 Å². The Bertz CT molecular complexity index is 711. The number of rotatable bonds is 3. The topological polar surface area (TPSA) is 48.1 Å². The van der Waals surface area contributed by atoms with Gasteiger partial charge in [0.25, 0.3) is 0 Å². The number of hydrogen-bond acceptors (Lipinski definition) is 3. The molecule has 1 aromatic carbocycles. The van der Waals surface area contributed by atoms with Gasteiger partial charge in [-0.2, -0.15) is 0 Å². The molecule has 3 nitrogen and oxygen atoms in total. The van der Waals surface area contributed by atoms with Gasteiger partial charge < -0.3 is 10.5 Å². The largest absolute Gasteiger partial charge is 0.439 e. The zero-order chi connectivity index (χ0) is 16.2. The Morgan fingerprint density at radius 2 is 1.91 bits per heavy atom. The van der Waals surface area contributed by atoms with Crippen molar-refractivity contribution in [2.75, 3.05) is 0 Å².